The SMILES string of the molecule is O=c1[nH]c(C2CCN(S(=O)(=O)c3cccc(C(F)(F)F)c3)CC2)nc2c1nnn2Cc1c(Cl)cccc1Cl. The van der Waals surface area contributed by atoms with Crippen molar-refractivity contribution in [2.75, 3.05) is 13.1 Å². The molecule has 0 atom stereocenters. The number of H-pyrrole nitrogens is 1. The van der Waals surface area contributed by atoms with E-state index in [1.807, 2.05) is 0 Å². The third kappa shape index (κ3) is 5.03. The van der Waals surface area contributed by atoms with Gasteiger partial charge in [-0.2, -0.15) is 17.5 Å². The molecular formula is C23H19Cl2F3N6O3S. The summed E-state index contributed by atoms with van der Waals surface area (Å²) in [6.45, 7) is 0.202. The summed E-state index contributed by atoms with van der Waals surface area (Å²) in [5.74, 6) is 0.0414. The van der Waals surface area contributed by atoms with E-state index in [0.717, 1.165) is 22.5 Å². The van der Waals surface area contributed by atoms with Crippen molar-refractivity contribution < 1.29 is 21.6 Å². The molecule has 0 bridgehead atoms. The molecule has 2 aromatic heterocycles. The smallest absolute Gasteiger partial charge is 0.308 e. The van der Waals surface area contributed by atoms with Gasteiger partial charge in [0.15, 0.2) is 11.2 Å². The van der Waals surface area contributed by atoms with Crippen molar-refractivity contribution in [2.24, 2.45) is 0 Å². The zero-order valence-electron chi connectivity index (χ0n) is 19.4. The van der Waals surface area contributed by atoms with Gasteiger partial charge in [-0.1, -0.05) is 40.5 Å². The molecule has 0 saturated carbocycles. The molecule has 1 saturated heterocycles. The van der Waals surface area contributed by atoms with E-state index in [0.29, 0.717) is 40.3 Å². The number of fused-ring (bicyclic) bond motifs is 1. The van der Waals surface area contributed by atoms with Crippen molar-refractivity contribution in [2.45, 2.75) is 36.4 Å². The summed E-state index contributed by atoms with van der Waals surface area (Å²) in [6, 6.07) is 8.72. The summed E-state index contributed by atoms with van der Waals surface area (Å²) >= 11 is 12.5. The predicted molar refractivity (Wildman–Crippen MR) is 134 cm³/mol. The maximum absolute atomic E-state index is 13.1. The molecule has 4 aromatic rings. The van der Waals surface area contributed by atoms with Gasteiger partial charge in [0, 0.05) is 34.6 Å². The van der Waals surface area contributed by atoms with Crippen molar-refractivity contribution in [3.63, 3.8) is 0 Å². The average molecular weight is 587 g/mol. The minimum Gasteiger partial charge on any atom is -0.308 e. The molecule has 9 nitrogen and oxygen atoms in total. The first kappa shape index (κ1) is 26.6. The largest absolute Gasteiger partial charge is 0.416 e. The molecule has 0 radical (unpaired) electrons. The second-order valence-corrected chi connectivity index (χ2v) is 11.5. The fourth-order valence-corrected chi connectivity index (χ4v) is 6.40. The molecule has 1 N–H and O–H groups in total. The Hall–Kier alpha value is -3.00. The van der Waals surface area contributed by atoms with Crippen molar-refractivity contribution in [3.8, 4) is 0 Å². The average Bonchev–Trinajstić information content (AvgIpc) is 3.29. The number of alkyl halides is 3. The standard InChI is InChI=1S/C23H19Cl2F3N6O3S/c24-17-5-2-6-18(25)16(17)12-34-21-19(31-32-34)22(35)30-20(29-21)13-7-9-33(10-8-13)38(36,37)15-4-1-3-14(11-15)23(26,27)28/h1-6,11,13H,7-10,12H2,(H,29,30,35). The third-order valence-electron chi connectivity index (χ3n) is 6.40. The predicted octanol–water partition coefficient (Wildman–Crippen LogP) is 4.46. The normalized spacial score (nSPS) is 15.8. The van der Waals surface area contributed by atoms with E-state index in [1.165, 1.54) is 4.68 Å². The van der Waals surface area contributed by atoms with Crippen LogP contribution < -0.4 is 5.56 Å². The number of hydrogen-bond acceptors (Lipinski definition) is 6. The first-order valence-corrected chi connectivity index (χ1v) is 13.6. The highest BCUT2D eigenvalue weighted by Gasteiger charge is 2.35. The number of piperidine rings is 1. The summed E-state index contributed by atoms with van der Waals surface area (Å²) in [5.41, 5.74) is -0.702. The Morgan fingerprint density at radius 1 is 1.05 bits per heavy atom. The second-order valence-electron chi connectivity index (χ2n) is 8.77. The van der Waals surface area contributed by atoms with Gasteiger partial charge in [-0.25, -0.2) is 18.1 Å². The second kappa shape index (κ2) is 9.95. The molecule has 200 valence electrons. The van der Waals surface area contributed by atoms with Crippen LogP contribution in [0.15, 0.2) is 52.2 Å². The van der Waals surface area contributed by atoms with Gasteiger partial charge < -0.3 is 4.98 Å². The summed E-state index contributed by atoms with van der Waals surface area (Å²) in [7, 11) is -4.14. The van der Waals surface area contributed by atoms with Crippen LogP contribution in [0.3, 0.4) is 0 Å². The van der Waals surface area contributed by atoms with Crippen LogP contribution in [0.1, 0.15) is 35.7 Å². The summed E-state index contributed by atoms with van der Waals surface area (Å²) in [5, 5.41) is 8.77. The van der Waals surface area contributed by atoms with Crippen molar-refractivity contribution in [3.05, 3.63) is 79.8 Å². The topological polar surface area (TPSA) is 114 Å². The van der Waals surface area contributed by atoms with Crippen molar-refractivity contribution >= 4 is 44.4 Å². The maximum Gasteiger partial charge on any atom is 0.416 e. The van der Waals surface area contributed by atoms with Gasteiger partial charge >= 0.3 is 6.18 Å². The molecule has 5 rings (SSSR count). The molecule has 3 heterocycles. The van der Waals surface area contributed by atoms with Crippen LogP contribution in [0.5, 0.6) is 0 Å². The first-order chi connectivity index (χ1) is 17.9. The van der Waals surface area contributed by atoms with E-state index in [2.05, 4.69) is 20.3 Å². The van der Waals surface area contributed by atoms with Gasteiger partial charge in [-0.15, -0.1) is 5.10 Å². The third-order valence-corrected chi connectivity index (χ3v) is 9.00. The molecule has 0 amide bonds. The van der Waals surface area contributed by atoms with Crippen molar-refractivity contribution in [1.29, 1.82) is 0 Å². The first-order valence-electron chi connectivity index (χ1n) is 11.4. The van der Waals surface area contributed by atoms with Crippen LogP contribution in [0.25, 0.3) is 11.2 Å². The highest BCUT2D eigenvalue weighted by atomic mass is 35.5. The van der Waals surface area contributed by atoms with E-state index in [9.17, 15) is 26.4 Å². The number of aromatic nitrogens is 5. The summed E-state index contributed by atoms with van der Waals surface area (Å²) in [4.78, 5) is 19.5. The Bertz CT molecular complexity index is 1660. The Kier molecular flexibility index (Phi) is 6.97. The van der Waals surface area contributed by atoms with E-state index >= 15 is 0 Å². The van der Waals surface area contributed by atoms with Crippen molar-refractivity contribution in [1.82, 2.24) is 29.3 Å². The molecule has 0 unspecified atom stereocenters. The molecule has 1 fully saturated rings. The number of benzene rings is 2. The lowest BCUT2D eigenvalue weighted by molar-refractivity contribution is -0.137. The molecule has 1 aliphatic heterocycles. The lowest BCUT2D eigenvalue weighted by Crippen LogP contribution is -2.38. The Balaban J connectivity index is 1.37. The zero-order valence-corrected chi connectivity index (χ0v) is 21.7. The number of hydrogen-bond donors (Lipinski definition) is 1. The van der Waals surface area contributed by atoms with Crippen LogP contribution in [0, 0.1) is 0 Å². The summed E-state index contributed by atoms with van der Waals surface area (Å²) in [6.07, 6.45) is -4.07. The lowest BCUT2D eigenvalue weighted by Gasteiger charge is -2.30. The Morgan fingerprint density at radius 3 is 2.37 bits per heavy atom. The van der Waals surface area contributed by atoms with Gasteiger partial charge in [-0.3, -0.25) is 4.79 Å². The number of sulfonamides is 1. The Morgan fingerprint density at radius 2 is 1.71 bits per heavy atom. The molecule has 0 aliphatic carbocycles. The zero-order chi connectivity index (χ0) is 27.2. The molecule has 2 aromatic carbocycles. The maximum atomic E-state index is 13.1. The minimum absolute atomic E-state index is 0.0292. The van der Waals surface area contributed by atoms with Crippen LogP contribution >= 0.6 is 23.2 Å². The number of nitrogens with one attached hydrogen (secondary N) is 1. The monoisotopic (exact) mass is 586 g/mol. The van der Waals surface area contributed by atoms with Crippen LogP contribution in [-0.4, -0.2) is 50.8 Å². The molecule has 38 heavy (non-hydrogen) atoms. The van der Waals surface area contributed by atoms with Gasteiger partial charge in [-0.05, 0) is 43.2 Å². The molecule has 1 aliphatic rings. The Labute approximate surface area is 224 Å². The van der Waals surface area contributed by atoms with Gasteiger partial charge in [0.05, 0.1) is 17.0 Å². The van der Waals surface area contributed by atoms with E-state index in [1.54, 1.807) is 18.2 Å². The van der Waals surface area contributed by atoms with Gasteiger partial charge in [0.2, 0.25) is 10.0 Å². The quantitative estimate of drug-likeness (QED) is 0.369. The molecular weight excluding hydrogens is 568 g/mol. The number of nitrogens with zero attached hydrogens (tertiary/aromatic N) is 5. The lowest BCUT2D eigenvalue weighted by atomic mass is 9.97. The highest BCUT2D eigenvalue weighted by Crippen LogP contribution is 2.33. The van der Waals surface area contributed by atoms with Crippen LogP contribution in [0.4, 0.5) is 13.2 Å². The van der Waals surface area contributed by atoms with E-state index in [-0.39, 0.29) is 36.7 Å². The fraction of sp³-hybridized carbons (Fsp3) is 0.304. The van der Waals surface area contributed by atoms with Gasteiger partial charge in [0.25, 0.3) is 5.56 Å². The minimum atomic E-state index is -4.66. The van der Waals surface area contributed by atoms with Crippen LogP contribution in [0.2, 0.25) is 10.0 Å². The molecule has 0 spiro atoms. The fourth-order valence-electron chi connectivity index (χ4n) is 4.37. The number of aromatic amines is 1. The number of halogens is 5. The van der Waals surface area contributed by atoms with Gasteiger partial charge in [0.1, 0.15) is 5.82 Å². The molecule has 15 heteroatoms. The van der Waals surface area contributed by atoms with E-state index in [4.69, 9.17) is 23.2 Å². The highest BCUT2D eigenvalue weighted by molar-refractivity contribution is 7.89. The number of rotatable bonds is 5. The van der Waals surface area contributed by atoms with E-state index < -0.39 is 32.2 Å². The van der Waals surface area contributed by atoms with Crippen LogP contribution in [-0.2, 0) is 22.7 Å². The summed E-state index contributed by atoms with van der Waals surface area (Å²) < 4.78 is 67.8.